The summed E-state index contributed by atoms with van der Waals surface area (Å²) in [5.41, 5.74) is 1.55. The number of ether oxygens (including phenoxy) is 1. The molecule has 1 aromatic rings. The highest BCUT2D eigenvalue weighted by molar-refractivity contribution is 8.01. The van der Waals surface area contributed by atoms with Crippen LogP contribution in [0.5, 0.6) is 0 Å². The van der Waals surface area contributed by atoms with Gasteiger partial charge in [-0.1, -0.05) is 30.3 Å². The van der Waals surface area contributed by atoms with Crippen molar-refractivity contribution in [2.24, 2.45) is 4.99 Å². The Morgan fingerprint density at radius 2 is 2.00 bits per heavy atom. The summed E-state index contributed by atoms with van der Waals surface area (Å²) in [6.45, 7) is 3.81. The van der Waals surface area contributed by atoms with Gasteiger partial charge in [0, 0.05) is 17.0 Å². The Morgan fingerprint density at radius 1 is 1.32 bits per heavy atom. The van der Waals surface area contributed by atoms with Crippen LogP contribution in [0.15, 0.2) is 47.1 Å². The Kier molecular flexibility index (Phi) is 4.60. The predicted molar refractivity (Wildman–Crippen MR) is 96.6 cm³/mol. The highest BCUT2D eigenvalue weighted by Crippen LogP contribution is 2.55. The molecular formula is C18H20N2O4S. The van der Waals surface area contributed by atoms with Crippen molar-refractivity contribution in [2.45, 2.75) is 36.1 Å². The normalized spacial score (nSPS) is 28.7. The second-order valence-electron chi connectivity index (χ2n) is 6.49. The van der Waals surface area contributed by atoms with Gasteiger partial charge in [0.2, 0.25) is 0 Å². The predicted octanol–water partition coefficient (Wildman–Crippen LogP) is 2.15. The molecule has 0 bridgehead atoms. The first-order valence-corrected chi connectivity index (χ1v) is 8.80. The van der Waals surface area contributed by atoms with E-state index in [0.717, 1.165) is 5.56 Å². The van der Waals surface area contributed by atoms with Crippen LogP contribution in [-0.4, -0.2) is 57.5 Å². The lowest BCUT2D eigenvalue weighted by molar-refractivity contribution is -0.144. The summed E-state index contributed by atoms with van der Waals surface area (Å²) in [6.07, 6.45) is 3.11. The van der Waals surface area contributed by atoms with Crippen LogP contribution in [0.3, 0.4) is 0 Å². The van der Waals surface area contributed by atoms with Crippen molar-refractivity contribution in [1.29, 1.82) is 0 Å². The second kappa shape index (κ2) is 6.55. The lowest BCUT2D eigenvalue weighted by atomic mass is 9.93. The number of nitrogens with zero attached hydrogens (tertiary/aromatic N) is 2. The van der Waals surface area contributed by atoms with Crippen LogP contribution in [0.1, 0.15) is 19.4 Å². The minimum atomic E-state index is -0.902. The van der Waals surface area contributed by atoms with Gasteiger partial charge in [0.15, 0.2) is 0 Å². The third kappa shape index (κ3) is 3.16. The topological polar surface area (TPSA) is 79.2 Å². The minimum absolute atomic E-state index is 0.105. The molecule has 7 heteroatoms. The lowest BCUT2D eigenvalue weighted by Gasteiger charge is -2.46. The number of fused-ring (bicyclic) bond motifs is 1. The molecule has 2 saturated heterocycles. The van der Waals surface area contributed by atoms with Gasteiger partial charge >= 0.3 is 11.9 Å². The molecule has 25 heavy (non-hydrogen) atoms. The highest BCUT2D eigenvalue weighted by Gasteiger charge is 2.61. The molecule has 3 atom stereocenters. The third-order valence-electron chi connectivity index (χ3n) is 4.39. The van der Waals surface area contributed by atoms with E-state index >= 15 is 0 Å². The van der Waals surface area contributed by atoms with Crippen LogP contribution in [0.4, 0.5) is 0 Å². The standard InChI is InChI=1S/C18H20N2O4S/c1-18(2)15(17(22)23)20-12(9-13(21)24-3)14(16(20)25-18)19-10-11-7-5-4-6-8-11/h4-10,14-16H,1-3H3,(H,22,23)/t14-,15+,16-/m1/s1. The molecule has 0 spiro atoms. The molecule has 0 aliphatic carbocycles. The molecule has 2 heterocycles. The summed E-state index contributed by atoms with van der Waals surface area (Å²) < 4.78 is 4.23. The summed E-state index contributed by atoms with van der Waals surface area (Å²) in [6, 6.07) is 8.68. The van der Waals surface area contributed by atoms with Gasteiger partial charge in [-0.05, 0) is 19.4 Å². The number of carbonyl (C=O) groups is 2. The van der Waals surface area contributed by atoms with Gasteiger partial charge < -0.3 is 14.7 Å². The van der Waals surface area contributed by atoms with Crippen LogP contribution in [0.2, 0.25) is 0 Å². The summed E-state index contributed by atoms with van der Waals surface area (Å²) in [4.78, 5) is 29.9. The Balaban J connectivity index is 1.93. The number of carboxylic acid groups (broad SMARTS) is 1. The largest absolute Gasteiger partial charge is 0.480 e. The molecule has 2 aliphatic rings. The van der Waals surface area contributed by atoms with Gasteiger partial charge in [-0.3, -0.25) is 4.99 Å². The summed E-state index contributed by atoms with van der Waals surface area (Å²) >= 11 is 1.57. The fourth-order valence-corrected chi connectivity index (χ4v) is 4.92. The van der Waals surface area contributed by atoms with E-state index in [1.54, 1.807) is 22.9 Å². The van der Waals surface area contributed by atoms with E-state index in [2.05, 4.69) is 4.99 Å². The Hall–Kier alpha value is -2.28. The first-order chi connectivity index (χ1) is 11.8. The average Bonchev–Trinajstić information content (AvgIpc) is 2.82. The maximum Gasteiger partial charge on any atom is 0.332 e. The zero-order chi connectivity index (χ0) is 18.2. The van der Waals surface area contributed by atoms with Crippen molar-refractivity contribution in [2.75, 3.05) is 7.11 Å². The number of thioether (sulfide) groups is 1. The van der Waals surface area contributed by atoms with E-state index in [-0.39, 0.29) is 11.4 Å². The maximum absolute atomic E-state index is 11.8. The Labute approximate surface area is 150 Å². The molecule has 3 rings (SSSR count). The van der Waals surface area contributed by atoms with E-state index in [0.29, 0.717) is 5.70 Å². The zero-order valence-corrected chi connectivity index (χ0v) is 15.1. The molecular weight excluding hydrogens is 340 g/mol. The van der Waals surface area contributed by atoms with E-state index in [1.807, 2.05) is 44.2 Å². The van der Waals surface area contributed by atoms with Crippen molar-refractivity contribution >= 4 is 29.9 Å². The molecule has 0 unspecified atom stereocenters. The van der Waals surface area contributed by atoms with E-state index in [1.165, 1.54) is 13.2 Å². The molecule has 0 aromatic heterocycles. The minimum Gasteiger partial charge on any atom is -0.480 e. The molecule has 0 saturated carbocycles. The molecule has 2 aliphatic heterocycles. The van der Waals surface area contributed by atoms with E-state index < -0.39 is 22.7 Å². The van der Waals surface area contributed by atoms with Crippen LogP contribution >= 0.6 is 11.8 Å². The second-order valence-corrected chi connectivity index (χ2v) is 8.26. The Bertz CT molecular complexity index is 745. The van der Waals surface area contributed by atoms with Gasteiger partial charge in [0.1, 0.15) is 17.5 Å². The number of carboxylic acids is 1. The van der Waals surface area contributed by atoms with Crippen molar-refractivity contribution in [3.05, 3.63) is 47.7 Å². The Morgan fingerprint density at radius 3 is 2.60 bits per heavy atom. The van der Waals surface area contributed by atoms with E-state index in [9.17, 15) is 14.7 Å². The van der Waals surface area contributed by atoms with Crippen molar-refractivity contribution in [3.8, 4) is 0 Å². The van der Waals surface area contributed by atoms with Gasteiger partial charge in [-0.25, -0.2) is 9.59 Å². The van der Waals surface area contributed by atoms with Crippen molar-refractivity contribution in [1.82, 2.24) is 4.90 Å². The summed E-state index contributed by atoms with van der Waals surface area (Å²) in [5, 5.41) is 9.53. The SMILES string of the molecule is COC(=O)C=C1[C@@H](N=Cc2ccccc2)[C@H]2SC(C)(C)[C@H](C(=O)O)N12. The van der Waals surface area contributed by atoms with Crippen LogP contribution in [0.25, 0.3) is 0 Å². The number of hydrogen-bond donors (Lipinski definition) is 1. The monoisotopic (exact) mass is 360 g/mol. The highest BCUT2D eigenvalue weighted by atomic mass is 32.2. The van der Waals surface area contributed by atoms with Gasteiger partial charge in [0.25, 0.3) is 0 Å². The number of aliphatic carboxylic acids is 1. The number of methoxy groups -OCH3 is 1. The number of rotatable bonds is 4. The van der Waals surface area contributed by atoms with Gasteiger partial charge in [-0.15, -0.1) is 11.8 Å². The fourth-order valence-electron chi connectivity index (χ4n) is 3.25. The molecule has 0 radical (unpaired) electrons. The maximum atomic E-state index is 11.8. The number of aliphatic imine (C=N–C) groups is 1. The fraction of sp³-hybridized carbons (Fsp3) is 0.389. The first-order valence-electron chi connectivity index (χ1n) is 7.92. The molecule has 1 N–H and O–H groups in total. The van der Waals surface area contributed by atoms with Gasteiger partial charge in [-0.2, -0.15) is 0 Å². The molecule has 2 fully saturated rings. The number of esters is 1. The van der Waals surface area contributed by atoms with Crippen LogP contribution < -0.4 is 0 Å². The average molecular weight is 360 g/mol. The quantitative estimate of drug-likeness (QED) is 0.504. The number of carbonyl (C=O) groups excluding carboxylic acids is 1. The first kappa shape index (κ1) is 17.5. The third-order valence-corrected chi connectivity index (χ3v) is 5.95. The molecule has 132 valence electrons. The van der Waals surface area contributed by atoms with Crippen molar-refractivity contribution in [3.63, 3.8) is 0 Å². The van der Waals surface area contributed by atoms with Crippen LogP contribution in [0, 0.1) is 0 Å². The smallest absolute Gasteiger partial charge is 0.332 e. The van der Waals surface area contributed by atoms with E-state index in [4.69, 9.17) is 4.74 Å². The van der Waals surface area contributed by atoms with Gasteiger partial charge in [0.05, 0.1) is 12.8 Å². The summed E-state index contributed by atoms with van der Waals surface area (Å²) in [5.74, 6) is -1.41. The summed E-state index contributed by atoms with van der Waals surface area (Å²) in [7, 11) is 1.30. The van der Waals surface area contributed by atoms with Crippen molar-refractivity contribution < 1.29 is 19.4 Å². The molecule has 0 amide bonds. The van der Waals surface area contributed by atoms with Crippen LogP contribution in [-0.2, 0) is 14.3 Å². The number of benzene rings is 1. The zero-order valence-electron chi connectivity index (χ0n) is 14.2. The molecule has 6 nitrogen and oxygen atoms in total. The lowest BCUT2D eigenvalue weighted by Crippen LogP contribution is -2.59. The number of hydrogen-bond acceptors (Lipinski definition) is 6. The molecule has 1 aromatic carbocycles.